The highest BCUT2D eigenvalue weighted by atomic mass is 32.2. The molecule has 0 bridgehead atoms. The minimum atomic E-state index is -0.469. The number of nitrogens with one attached hydrogen (secondary N) is 1. The standard InChI is InChI=1S/C15H15F2N3OS2/c16-11-5-6-12(17)10(7-11)8-22-15-20-19-14(23-15)18-13(21)9-3-1-2-4-9/h5-7,9H,1-4,8H2,(H,18,19,21). The number of anilines is 1. The Hall–Kier alpha value is -1.54. The number of halogens is 2. The van der Waals surface area contributed by atoms with Crippen LogP contribution in [0.1, 0.15) is 31.2 Å². The third-order valence-electron chi connectivity index (χ3n) is 3.72. The minimum absolute atomic E-state index is 0.00799. The van der Waals surface area contributed by atoms with Gasteiger partial charge in [0.2, 0.25) is 11.0 Å². The number of hydrogen-bond donors (Lipinski definition) is 1. The fourth-order valence-electron chi connectivity index (χ4n) is 2.51. The number of carbonyl (C=O) groups is 1. The lowest BCUT2D eigenvalue weighted by molar-refractivity contribution is -0.119. The molecule has 1 fully saturated rings. The largest absolute Gasteiger partial charge is 0.300 e. The zero-order chi connectivity index (χ0) is 16.2. The number of nitrogens with zero attached hydrogens (tertiary/aromatic N) is 2. The summed E-state index contributed by atoms with van der Waals surface area (Å²) < 4.78 is 27.3. The van der Waals surface area contributed by atoms with E-state index in [2.05, 4.69) is 15.5 Å². The maximum atomic E-state index is 13.6. The summed E-state index contributed by atoms with van der Waals surface area (Å²) in [7, 11) is 0. The molecule has 3 rings (SSSR count). The second-order valence-electron chi connectivity index (χ2n) is 5.37. The number of amides is 1. The molecule has 1 heterocycles. The number of hydrogen-bond acceptors (Lipinski definition) is 5. The molecule has 1 aliphatic rings. The predicted molar refractivity (Wildman–Crippen MR) is 86.4 cm³/mol. The van der Waals surface area contributed by atoms with Gasteiger partial charge in [0.1, 0.15) is 11.6 Å². The van der Waals surface area contributed by atoms with E-state index in [9.17, 15) is 13.6 Å². The van der Waals surface area contributed by atoms with Crippen molar-refractivity contribution >= 4 is 34.1 Å². The van der Waals surface area contributed by atoms with Crippen LogP contribution in [0.15, 0.2) is 22.5 Å². The Morgan fingerprint density at radius 1 is 1.30 bits per heavy atom. The van der Waals surface area contributed by atoms with Crippen molar-refractivity contribution in [3.8, 4) is 0 Å². The lowest BCUT2D eigenvalue weighted by Crippen LogP contribution is -2.20. The first-order valence-electron chi connectivity index (χ1n) is 7.33. The molecule has 0 saturated heterocycles. The number of thioether (sulfide) groups is 1. The van der Waals surface area contributed by atoms with Crippen molar-refractivity contribution in [3.63, 3.8) is 0 Å². The molecule has 1 aromatic heterocycles. The van der Waals surface area contributed by atoms with Crippen LogP contribution in [-0.4, -0.2) is 16.1 Å². The molecule has 1 aromatic carbocycles. The van der Waals surface area contributed by atoms with Crippen molar-refractivity contribution in [2.45, 2.75) is 35.8 Å². The maximum absolute atomic E-state index is 13.6. The van der Waals surface area contributed by atoms with E-state index in [1.807, 2.05) is 0 Å². The van der Waals surface area contributed by atoms with Gasteiger partial charge in [0.15, 0.2) is 4.34 Å². The summed E-state index contributed by atoms with van der Waals surface area (Å²) in [4.78, 5) is 12.0. The second-order valence-corrected chi connectivity index (χ2v) is 7.57. The highest BCUT2D eigenvalue weighted by molar-refractivity contribution is 8.00. The van der Waals surface area contributed by atoms with Crippen LogP contribution in [0.25, 0.3) is 0 Å². The van der Waals surface area contributed by atoms with E-state index in [0.717, 1.165) is 37.8 Å². The van der Waals surface area contributed by atoms with E-state index in [0.29, 0.717) is 9.47 Å². The number of carbonyl (C=O) groups excluding carboxylic acids is 1. The Morgan fingerprint density at radius 2 is 2.09 bits per heavy atom. The monoisotopic (exact) mass is 355 g/mol. The molecule has 0 atom stereocenters. The van der Waals surface area contributed by atoms with E-state index in [1.54, 1.807) is 0 Å². The fraction of sp³-hybridized carbons (Fsp3) is 0.400. The molecule has 1 amide bonds. The Bertz CT molecular complexity index is 702. The maximum Gasteiger partial charge on any atom is 0.229 e. The molecule has 1 N–H and O–H groups in total. The summed E-state index contributed by atoms with van der Waals surface area (Å²) in [5.74, 6) is -0.598. The van der Waals surface area contributed by atoms with Gasteiger partial charge in [-0.3, -0.25) is 4.79 Å². The van der Waals surface area contributed by atoms with E-state index in [4.69, 9.17) is 0 Å². The molecular formula is C15H15F2N3OS2. The van der Waals surface area contributed by atoms with Crippen LogP contribution in [0.3, 0.4) is 0 Å². The summed E-state index contributed by atoms with van der Waals surface area (Å²) in [5, 5.41) is 11.1. The van der Waals surface area contributed by atoms with Gasteiger partial charge in [0.25, 0.3) is 0 Å². The predicted octanol–water partition coefficient (Wildman–Crippen LogP) is 4.24. The zero-order valence-electron chi connectivity index (χ0n) is 12.2. The van der Waals surface area contributed by atoms with Crippen LogP contribution in [0.4, 0.5) is 13.9 Å². The van der Waals surface area contributed by atoms with Gasteiger partial charge in [-0.15, -0.1) is 10.2 Å². The second kappa shape index (κ2) is 7.35. The van der Waals surface area contributed by atoms with Gasteiger partial charge < -0.3 is 5.32 Å². The Balaban J connectivity index is 1.56. The lowest BCUT2D eigenvalue weighted by Gasteiger charge is -2.06. The molecule has 0 spiro atoms. The Kier molecular flexibility index (Phi) is 5.22. The summed E-state index contributed by atoms with van der Waals surface area (Å²) in [6.45, 7) is 0. The van der Waals surface area contributed by atoms with Gasteiger partial charge in [0.05, 0.1) is 0 Å². The smallest absolute Gasteiger partial charge is 0.229 e. The van der Waals surface area contributed by atoms with E-state index >= 15 is 0 Å². The van der Waals surface area contributed by atoms with Crippen LogP contribution in [0, 0.1) is 17.6 Å². The number of rotatable bonds is 5. The number of aromatic nitrogens is 2. The molecule has 23 heavy (non-hydrogen) atoms. The molecule has 0 aliphatic heterocycles. The average Bonchev–Trinajstić information content (AvgIpc) is 3.19. The van der Waals surface area contributed by atoms with Gasteiger partial charge in [-0.1, -0.05) is 35.9 Å². The highest BCUT2D eigenvalue weighted by Crippen LogP contribution is 2.31. The van der Waals surface area contributed by atoms with Gasteiger partial charge in [0, 0.05) is 17.2 Å². The van der Waals surface area contributed by atoms with Crippen molar-refractivity contribution in [3.05, 3.63) is 35.4 Å². The molecular weight excluding hydrogens is 340 g/mol. The summed E-state index contributed by atoms with van der Waals surface area (Å²) in [6.07, 6.45) is 4.03. The quantitative estimate of drug-likeness (QED) is 0.644. The minimum Gasteiger partial charge on any atom is -0.300 e. The lowest BCUT2D eigenvalue weighted by atomic mass is 10.1. The summed E-state index contributed by atoms with van der Waals surface area (Å²) >= 11 is 2.51. The highest BCUT2D eigenvalue weighted by Gasteiger charge is 2.23. The third-order valence-corrected chi connectivity index (χ3v) is 5.74. The van der Waals surface area contributed by atoms with Crippen LogP contribution in [0.2, 0.25) is 0 Å². The topological polar surface area (TPSA) is 54.9 Å². The molecule has 0 radical (unpaired) electrons. The molecule has 8 heteroatoms. The fourth-order valence-corrected chi connectivity index (χ4v) is 4.24. The van der Waals surface area contributed by atoms with Crippen LogP contribution < -0.4 is 5.32 Å². The first-order chi connectivity index (χ1) is 11.1. The van der Waals surface area contributed by atoms with E-state index in [-0.39, 0.29) is 23.1 Å². The summed E-state index contributed by atoms with van der Waals surface area (Å²) in [6, 6.07) is 3.37. The van der Waals surface area contributed by atoms with Crippen molar-refractivity contribution in [1.82, 2.24) is 10.2 Å². The van der Waals surface area contributed by atoms with Crippen molar-refractivity contribution < 1.29 is 13.6 Å². The molecule has 4 nitrogen and oxygen atoms in total. The van der Waals surface area contributed by atoms with Crippen molar-refractivity contribution in [2.75, 3.05) is 5.32 Å². The summed E-state index contributed by atoms with van der Waals surface area (Å²) in [5.41, 5.74) is 0.279. The molecule has 0 unspecified atom stereocenters. The molecule has 122 valence electrons. The zero-order valence-corrected chi connectivity index (χ0v) is 13.9. The van der Waals surface area contributed by atoms with Crippen LogP contribution in [-0.2, 0) is 10.5 Å². The van der Waals surface area contributed by atoms with Gasteiger partial charge in [-0.2, -0.15) is 0 Å². The van der Waals surface area contributed by atoms with Gasteiger partial charge in [-0.25, -0.2) is 8.78 Å². The first kappa shape index (κ1) is 16.3. The Labute approximate surface area is 140 Å². The third kappa shape index (κ3) is 4.26. The molecule has 1 aliphatic carbocycles. The van der Waals surface area contributed by atoms with Crippen molar-refractivity contribution in [1.29, 1.82) is 0 Å². The van der Waals surface area contributed by atoms with Crippen LogP contribution >= 0.6 is 23.1 Å². The SMILES string of the molecule is O=C(Nc1nnc(SCc2cc(F)ccc2F)s1)C1CCCC1. The van der Waals surface area contributed by atoms with E-state index < -0.39 is 11.6 Å². The Morgan fingerprint density at radius 3 is 2.87 bits per heavy atom. The van der Waals surface area contributed by atoms with Gasteiger partial charge >= 0.3 is 0 Å². The van der Waals surface area contributed by atoms with Crippen molar-refractivity contribution in [2.24, 2.45) is 5.92 Å². The number of benzene rings is 1. The van der Waals surface area contributed by atoms with Gasteiger partial charge in [-0.05, 0) is 31.0 Å². The van der Waals surface area contributed by atoms with Crippen LogP contribution in [0.5, 0.6) is 0 Å². The normalized spacial score (nSPS) is 15.0. The molecule has 2 aromatic rings. The van der Waals surface area contributed by atoms with E-state index in [1.165, 1.54) is 29.2 Å². The average molecular weight is 355 g/mol. The molecule has 1 saturated carbocycles. The first-order valence-corrected chi connectivity index (χ1v) is 9.13.